The molecule has 0 aliphatic carbocycles. The number of rotatable bonds is 10. The molecule has 9 heteroatoms. The monoisotopic (exact) mass is 682 g/mol. The Morgan fingerprint density at radius 1 is 0.780 bits per heavy atom. The Morgan fingerprint density at radius 3 is 1.88 bits per heavy atom. The number of nitrogens with one attached hydrogen (secondary N) is 1. The van der Waals surface area contributed by atoms with E-state index in [-0.39, 0.29) is 49.1 Å². The Bertz CT molecular complexity index is 1740. The van der Waals surface area contributed by atoms with Crippen LogP contribution in [0.2, 0.25) is 0 Å². The normalized spacial score (nSPS) is 16.2. The molecule has 0 aromatic heterocycles. The van der Waals surface area contributed by atoms with Gasteiger partial charge < -0.3 is 19.7 Å². The van der Waals surface area contributed by atoms with E-state index < -0.39 is 23.2 Å². The Hall–Kier alpha value is -5.05. The summed E-state index contributed by atoms with van der Waals surface area (Å²) in [4.78, 5) is 41.6. The zero-order valence-electron chi connectivity index (χ0n) is 29.2. The molecule has 4 aromatic rings. The summed E-state index contributed by atoms with van der Waals surface area (Å²) in [5.41, 5.74) is 3.11. The number of ketones is 1. The maximum absolute atomic E-state index is 14.1. The Kier molecular flexibility index (Phi) is 11.0. The number of halogens is 2. The number of Topliss-reactive ketones (excluding diaryl/α,β-unsaturated/α-hetero) is 1. The highest BCUT2D eigenvalue weighted by molar-refractivity contribution is 5.90. The first-order valence-corrected chi connectivity index (χ1v) is 16.9. The maximum Gasteiger partial charge on any atom is 0.410 e. The summed E-state index contributed by atoms with van der Waals surface area (Å²) in [6.07, 6.45) is -0.142. The molecule has 0 saturated carbocycles. The van der Waals surface area contributed by atoms with E-state index >= 15 is 0 Å². The Morgan fingerprint density at radius 2 is 1.34 bits per heavy atom. The molecule has 4 aromatic carbocycles. The van der Waals surface area contributed by atoms with Gasteiger partial charge in [-0.1, -0.05) is 66.7 Å². The van der Waals surface area contributed by atoms with E-state index in [9.17, 15) is 23.2 Å². The molecule has 1 N–H and O–H groups in total. The van der Waals surface area contributed by atoms with E-state index in [0.29, 0.717) is 12.8 Å². The van der Waals surface area contributed by atoms with Gasteiger partial charge in [-0.15, -0.1) is 0 Å². The van der Waals surface area contributed by atoms with Crippen molar-refractivity contribution in [1.82, 2.24) is 10.2 Å². The van der Waals surface area contributed by atoms with Crippen molar-refractivity contribution in [3.8, 4) is 22.3 Å². The molecule has 0 radical (unpaired) electrons. The van der Waals surface area contributed by atoms with E-state index in [0.717, 1.165) is 33.4 Å². The molecular formula is C41H44F2N2O5. The average Bonchev–Trinajstić information content (AvgIpc) is 3.48. The van der Waals surface area contributed by atoms with Crippen molar-refractivity contribution in [2.45, 2.75) is 83.6 Å². The van der Waals surface area contributed by atoms with E-state index in [1.165, 1.54) is 24.3 Å². The summed E-state index contributed by atoms with van der Waals surface area (Å²) in [5.74, 6) is -0.750. The van der Waals surface area contributed by atoms with E-state index in [1.54, 1.807) is 49.9 Å². The summed E-state index contributed by atoms with van der Waals surface area (Å²) >= 11 is 0. The lowest BCUT2D eigenvalue weighted by Crippen LogP contribution is -2.41. The zero-order chi connectivity index (χ0) is 36.1. The highest BCUT2D eigenvalue weighted by atomic mass is 19.1. The Labute approximate surface area is 292 Å². The van der Waals surface area contributed by atoms with Gasteiger partial charge in [0, 0.05) is 24.4 Å². The predicted molar refractivity (Wildman–Crippen MR) is 189 cm³/mol. The molecule has 2 amide bonds. The van der Waals surface area contributed by atoms with Gasteiger partial charge in [0.2, 0.25) is 0 Å². The molecule has 262 valence electrons. The van der Waals surface area contributed by atoms with Crippen molar-refractivity contribution < 1.29 is 32.6 Å². The molecule has 1 saturated heterocycles. The number of likely N-dealkylation sites (tertiary alicyclic amines) is 1. The SMILES string of the molecule is CC(C)(C)OC(=O)N[C@H]1C[C@@H](CCC(=O)C(C)(C)c2cc(-c3ccc(F)cc3)cc(-c3ccc(F)cc3)c2)N(C(=O)OCc2ccccc2)C1. The van der Waals surface area contributed by atoms with Crippen molar-refractivity contribution in [3.05, 3.63) is 120 Å². The average molecular weight is 683 g/mol. The number of amides is 2. The number of hydrogen-bond donors (Lipinski definition) is 1. The van der Waals surface area contributed by atoms with Crippen LogP contribution in [0, 0.1) is 11.6 Å². The summed E-state index contributed by atoms with van der Waals surface area (Å²) in [5, 5.41) is 2.88. The molecule has 1 aliphatic rings. The third-order valence-electron chi connectivity index (χ3n) is 8.99. The second kappa shape index (κ2) is 15.2. The second-order valence-corrected chi connectivity index (χ2v) is 14.3. The van der Waals surface area contributed by atoms with Gasteiger partial charge in [0.05, 0.1) is 6.04 Å². The fourth-order valence-electron chi connectivity index (χ4n) is 6.17. The summed E-state index contributed by atoms with van der Waals surface area (Å²) < 4.78 is 38.7. The first kappa shape index (κ1) is 36.2. The fourth-order valence-corrected chi connectivity index (χ4v) is 6.17. The number of benzene rings is 4. The minimum atomic E-state index is -0.948. The summed E-state index contributed by atoms with van der Waals surface area (Å²) in [7, 11) is 0. The first-order valence-electron chi connectivity index (χ1n) is 16.9. The van der Waals surface area contributed by atoms with Crippen molar-refractivity contribution in [2.24, 2.45) is 0 Å². The molecular weight excluding hydrogens is 638 g/mol. The smallest absolute Gasteiger partial charge is 0.410 e. The van der Waals surface area contributed by atoms with Gasteiger partial charge in [-0.2, -0.15) is 0 Å². The maximum atomic E-state index is 14.1. The van der Waals surface area contributed by atoms with E-state index in [2.05, 4.69) is 5.32 Å². The lowest BCUT2D eigenvalue weighted by atomic mass is 9.76. The standard InChI is InChI=1S/C41H44F2N2O5/c1-40(2,3)50-38(47)44-35-24-36(45(25-35)39(48)49-26-27-9-7-6-8-10-27)19-20-37(46)41(4,5)32-22-30(28-11-15-33(42)16-12-28)21-31(23-32)29-13-17-34(43)18-14-29/h6-18,21-23,35-36H,19-20,24-26H2,1-5H3,(H,44,47)/t35-,36+/m0/s1. The first-order chi connectivity index (χ1) is 23.7. The van der Waals surface area contributed by atoms with Gasteiger partial charge in [0.25, 0.3) is 0 Å². The summed E-state index contributed by atoms with van der Waals surface area (Å²) in [6.45, 7) is 9.38. The van der Waals surface area contributed by atoms with Gasteiger partial charge in [0.15, 0.2) is 0 Å². The molecule has 0 bridgehead atoms. The van der Waals surface area contributed by atoms with Gasteiger partial charge in [-0.25, -0.2) is 18.4 Å². The van der Waals surface area contributed by atoms with Crippen LogP contribution in [0.5, 0.6) is 0 Å². The highest BCUT2D eigenvalue weighted by Gasteiger charge is 2.39. The molecule has 5 rings (SSSR count). The lowest BCUT2D eigenvalue weighted by Gasteiger charge is -2.28. The van der Waals surface area contributed by atoms with Crippen molar-refractivity contribution in [3.63, 3.8) is 0 Å². The van der Waals surface area contributed by atoms with Gasteiger partial charge in [-0.3, -0.25) is 4.79 Å². The highest BCUT2D eigenvalue weighted by Crippen LogP contribution is 2.36. The minimum Gasteiger partial charge on any atom is -0.445 e. The van der Waals surface area contributed by atoms with Crippen molar-refractivity contribution >= 4 is 18.0 Å². The van der Waals surface area contributed by atoms with Crippen LogP contribution in [0.3, 0.4) is 0 Å². The topological polar surface area (TPSA) is 84.9 Å². The molecule has 1 fully saturated rings. The van der Waals surface area contributed by atoms with Crippen molar-refractivity contribution in [2.75, 3.05) is 6.54 Å². The third-order valence-corrected chi connectivity index (χ3v) is 8.99. The predicted octanol–water partition coefficient (Wildman–Crippen LogP) is 9.23. The van der Waals surface area contributed by atoms with Crippen LogP contribution >= 0.6 is 0 Å². The Balaban J connectivity index is 1.36. The minimum absolute atomic E-state index is 0.0417. The van der Waals surface area contributed by atoms with Gasteiger partial charge >= 0.3 is 12.2 Å². The fraction of sp³-hybridized carbons (Fsp3) is 0.341. The van der Waals surface area contributed by atoms with E-state index in [1.807, 2.05) is 62.4 Å². The number of nitrogens with zero attached hydrogens (tertiary/aromatic N) is 1. The van der Waals surface area contributed by atoms with Crippen molar-refractivity contribution in [1.29, 1.82) is 0 Å². The third kappa shape index (κ3) is 9.34. The molecule has 1 aliphatic heterocycles. The van der Waals surface area contributed by atoms with Crippen LogP contribution in [-0.4, -0.2) is 47.1 Å². The number of carbonyl (C=O) groups is 3. The molecule has 7 nitrogen and oxygen atoms in total. The van der Waals surface area contributed by atoms with Crippen LogP contribution in [0.15, 0.2) is 97.1 Å². The second-order valence-electron chi connectivity index (χ2n) is 14.3. The van der Waals surface area contributed by atoms with Crippen LogP contribution in [0.25, 0.3) is 22.3 Å². The number of alkyl carbamates (subject to hydrolysis) is 1. The molecule has 0 unspecified atom stereocenters. The van der Waals surface area contributed by atoms with Crippen LogP contribution < -0.4 is 5.32 Å². The number of ether oxygens (including phenoxy) is 2. The molecule has 0 spiro atoms. The molecule has 2 atom stereocenters. The van der Waals surface area contributed by atoms with Gasteiger partial charge in [0.1, 0.15) is 29.6 Å². The molecule has 50 heavy (non-hydrogen) atoms. The largest absolute Gasteiger partial charge is 0.445 e. The van der Waals surface area contributed by atoms with Crippen LogP contribution in [-0.2, 0) is 26.3 Å². The molecule has 1 heterocycles. The quantitative estimate of drug-likeness (QED) is 0.180. The summed E-state index contributed by atoms with van der Waals surface area (Å²) in [6, 6.07) is 26.7. The van der Waals surface area contributed by atoms with Crippen LogP contribution in [0.1, 0.15) is 65.0 Å². The van der Waals surface area contributed by atoms with Gasteiger partial charge in [-0.05, 0) is 111 Å². The van der Waals surface area contributed by atoms with Crippen LogP contribution in [0.4, 0.5) is 18.4 Å². The van der Waals surface area contributed by atoms with E-state index in [4.69, 9.17) is 9.47 Å². The zero-order valence-corrected chi connectivity index (χ0v) is 29.2. The number of hydrogen-bond acceptors (Lipinski definition) is 5. The lowest BCUT2D eigenvalue weighted by molar-refractivity contribution is -0.123. The number of carbonyl (C=O) groups excluding carboxylic acids is 3.